The van der Waals surface area contributed by atoms with E-state index in [4.69, 9.17) is 14.5 Å². The summed E-state index contributed by atoms with van der Waals surface area (Å²) in [6.45, 7) is 9.24. The smallest absolute Gasteiger partial charge is 0.233 e. The number of amides is 1. The van der Waals surface area contributed by atoms with Gasteiger partial charge in [-0.25, -0.2) is 4.98 Å². The zero-order valence-electron chi connectivity index (χ0n) is 19.1. The molecule has 32 heavy (non-hydrogen) atoms. The van der Waals surface area contributed by atoms with Gasteiger partial charge in [0, 0.05) is 32.2 Å². The highest BCUT2D eigenvalue weighted by Crippen LogP contribution is 2.32. The number of carbonyl (C=O) groups excluding carboxylic acids is 1. The Labute approximate surface area is 193 Å². The number of fused-ring (bicyclic) bond motifs is 1. The summed E-state index contributed by atoms with van der Waals surface area (Å²) in [5.74, 6) is 0.861. The Hall–Kier alpha value is -2.48. The number of aryl methyl sites for hydroxylation is 2. The van der Waals surface area contributed by atoms with Crippen molar-refractivity contribution in [1.82, 2.24) is 9.88 Å². The third-order valence-corrected chi connectivity index (χ3v) is 6.97. The summed E-state index contributed by atoms with van der Waals surface area (Å²) < 4.78 is 11.8. The first kappa shape index (κ1) is 22.7. The molecule has 0 bridgehead atoms. The lowest BCUT2D eigenvalue weighted by atomic mass is 10.0. The zero-order valence-corrected chi connectivity index (χ0v) is 19.9. The minimum absolute atomic E-state index is 0.0879. The molecule has 1 aliphatic heterocycles. The van der Waals surface area contributed by atoms with Gasteiger partial charge in [-0.3, -0.25) is 14.6 Å². The summed E-state index contributed by atoms with van der Waals surface area (Å²) in [5, 5.41) is 0.755. The van der Waals surface area contributed by atoms with Crippen LogP contribution in [0.5, 0.6) is 5.75 Å². The molecule has 0 N–H and O–H groups in total. The first-order chi connectivity index (χ1) is 15.5. The van der Waals surface area contributed by atoms with Crippen LogP contribution in [-0.2, 0) is 16.0 Å². The Morgan fingerprint density at radius 2 is 2.00 bits per heavy atom. The van der Waals surface area contributed by atoms with E-state index in [1.54, 1.807) is 18.4 Å². The van der Waals surface area contributed by atoms with Crippen molar-refractivity contribution in [2.75, 3.05) is 51.4 Å². The van der Waals surface area contributed by atoms with Crippen molar-refractivity contribution < 1.29 is 14.3 Å². The van der Waals surface area contributed by atoms with Crippen LogP contribution in [0.15, 0.2) is 36.4 Å². The fourth-order valence-electron chi connectivity index (χ4n) is 4.04. The molecule has 1 aromatic heterocycles. The molecule has 1 saturated heterocycles. The highest BCUT2D eigenvalue weighted by atomic mass is 32.1. The third-order valence-electron chi connectivity index (χ3n) is 5.91. The second kappa shape index (κ2) is 10.4. The van der Waals surface area contributed by atoms with E-state index in [9.17, 15) is 4.79 Å². The van der Waals surface area contributed by atoms with Gasteiger partial charge < -0.3 is 9.47 Å². The van der Waals surface area contributed by atoms with Crippen molar-refractivity contribution in [3.63, 3.8) is 0 Å². The highest BCUT2D eigenvalue weighted by Gasteiger charge is 2.21. The molecule has 1 amide bonds. The van der Waals surface area contributed by atoms with E-state index < -0.39 is 0 Å². The number of methoxy groups -OCH3 is 1. The van der Waals surface area contributed by atoms with Crippen LogP contribution in [0.1, 0.15) is 23.1 Å². The molecule has 1 fully saturated rings. The molecule has 0 radical (unpaired) electrons. The number of morpholine rings is 1. The van der Waals surface area contributed by atoms with Crippen LogP contribution in [0, 0.1) is 13.8 Å². The first-order valence-corrected chi connectivity index (χ1v) is 12.0. The molecule has 170 valence electrons. The number of anilines is 1. The van der Waals surface area contributed by atoms with E-state index in [1.807, 2.05) is 23.1 Å². The largest absolute Gasteiger partial charge is 0.497 e. The maximum Gasteiger partial charge on any atom is 0.233 e. The molecule has 0 saturated carbocycles. The number of hydrogen-bond donors (Lipinski definition) is 0. The average molecular weight is 454 g/mol. The number of thiazole rings is 1. The maximum absolute atomic E-state index is 13.5. The molecule has 2 heterocycles. The minimum Gasteiger partial charge on any atom is -0.497 e. The number of benzene rings is 2. The van der Waals surface area contributed by atoms with Crippen LogP contribution in [0.3, 0.4) is 0 Å². The fraction of sp³-hybridized carbons (Fsp3) is 0.440. The quantitative estimate of drug-likeness (QED) is 0.511. The van der Waals surface area contributed by atoms with Crippen LogP contribution in [0.2, 0.25) is 0 Å². The first-order valence-electron chi connectivity index (χ1n) is 11.1. The summed E-state index contributed by atoms with van der Waals surface area (Å²) >= 11 is 1.56. The Morgan fingerprint density at radius 3 is 2.75 bits per heavy atom. The van der Waals surface area contributed by atoms with Gasteiger partial charge in [0.15, 0.2) is 5.13 Å². The van der Waals surface area contributed by atoms with Crippen LogP contribution < -0.4 is 9.64 Å². The summed E-state index contributed by atoms with van der Waals surface area (Å²) in [7, 11) is 1.65. The van der Waals surface area contributed by atoms with E-state index in [2.05, 4.69) is 36.9 Å². The SMILES string of the molecule is COc1ccc2sc(N(CCCN3CCOCC3)C(=O)Cc3ccc(C)cc3C)nc2c1. The van der Waals surface area contributed by atoms with Gasteiger partial charge in [-0.2, -0.15) is 0 Å². The van der Waals surface area contributed by atoms with Crippen LogP contribution in [-0.4, -0.2) is 62.3 Å². The summed E-state index contributed by atoms with van der Waals surface area (Å²) in [6.07, 6.45) is 1.28. The number of rotatable bonds is 8. The molecule has 7 heteroatoms. The van der Waals surface area contributed by atoms with Gasteiger partial charge >= 0.3 is 0 Å². The fourth-order valence-corrected chi connectivity index (χ4v) is 5.03. The Balaban J connectivity index is 1.54. The Kier molecular flexibility index (Phi) is 7.40. The number of carbonyl (C=O) groups is 1. The van der Waals surface area contributed by atoms with E-state index in [0.29, 0.717) is 13.0 Å². The molecule has 6 nitrogen and oxygen atoms in total. The van der Waals surface area contributed by atoms with Gasteiger partial charge in [-0.05, 0) is 43.5 Å². The van der Waals surface area contributed by atoms with E-state index >= 15 is 0 Å². The lowest BCUT2D eigenvalue weighted by Gasteiger charge is -2.27. The van der Waals surface area contributed by atoms with Crippen LogP contribution in [0.4, 0.5) is 5.13 Å². The van der Waals surface area contributed by atoms with Crippen molar-refractivity contribution in [3.8, 4) is 5.75 Å². The number of aromatic nitrogens is 1. The van der Waals surface area contributed by atoms with Gasteiger partial charge in [-0.15, -0.1) is 0 Å². The molecule has 0 aliphatic carbocycles. The maximum atomic E-state index is 13.5. The standard InChI is InChI=1S/C25H31N3O3S/c1-18-5-6-20(19(2)15-18)16-24(29)28(10-4-9-27-11-13-31-14-12-27)25-26-22-17-21(30-3)7-8-23(22)32-25/h5-8,15,17H,4,9-14,16H2,1-3H3. The number of hydrogen-bond acceptors (Lipinski definition) is 6. The van der Waals surface area contributed by atoms with Crippen molar-refractivity contribution in [3.05, 3.63) is 53.1 Å². The minimum atomic E-state index is 0.0879. The third kappa shape index (κ3) is 5.46. The van der Waals surface area contributed by atoms with Crippen molar-refractivity contribution in [2.45, 2.75) is 26.7 Å². The van der Waals surface area contributed by atoms with E-state index in [-0.39, 0.29) is 5.91 Å². The molecule has 3 aromatic rings. The highest BCUT2D eigenvalue weighted by molar-refractivity contribution is 7.22. The Bertz CT molecular complexity index is 1080. The molecule has 0 spiro atoms. The van der Waals surface area contributed by atoms with Gasteiger partial charge in [0.1, 0.15) is 5.75 Å². The topological polar surface area (TPSA) is 54.9 Å². The lowest BCUT2D eigenvalue weighted by molar-refractivity contribution is -0.118. The molecular weight excluding hydrogens is 422 g/mol. The Morgan fingerprint density at radius 1 is 1.19 bits per heavy atom. The monoisotopic (exact) mass is 453 g/mol. The van der Waals surface area contributed by atoms with Gasteiger partial charge in [0.05, 0.1) is 37.0 Å². The predicted molar refractivity (Wildman–Crippen MR) is 130 cm³/mol. The molecule has 0 atom stereocenters. The van der Waals surface area contributed by atoms with Crippen LogP contribution >= 0.6 is 11.3 Å². The zero-order chi connectivity index (χ0) is 22.5. The van der Waals surface area contributed by atoms with E-state index in [1.165, 1.54) is 5.56 Å². The van der Waals surface area contributed by atoms with Gasteiger partial charge in [0.2, 0.25) is 5.91 Å². The second-order valence-corrected chi connectivity index (χ2v) is 9.30. The lowest BCUT2D eigenvalue weighted by Crippen LogP contribution is -2.39. The average Bonchev–Trinajstić information content (AvgIpc) is 3.22. The second-order valence-electron chi connectivity index (χ2n) is 8.29. The van der Waals surface area contributed by atoms with Gasteiger partial charge in [-0.1, -0.05) is 35.1 Å². The number of ether oxygens (including phenoxy) is 2. The summed E-state index contributed by atoms with van der Waals surface area (Å²) in [4.78, 5) is 22.5. The van der Waals surface area contributed by atoms with E-state index in [0.717, 1.165) is 71.5 Å². The van der Waals surface area contributed by atoms with Crippen molar-refractivity contribution >= 4 is 32.6 Å². The molecule has 0 unspecified atom stereocenters. The summed E-state index contributed by atoms with van der Waals surface area (Å²) in [6, 6.07) is 12.1. The molecule has 2 aromatic carbocycles. The normalized spacial score (nSPS) is 14.6. The molecule has 1 aliphatic rings. The number of nitrogens with zero attached hydrogens (tertiary/aromatic N) is 3. The summed E-state index contributed by atoms with van der Waals surface area (Å²) in [5.41, 5.74) is 4.30. The van der Waals surface area contributed by atoms with Gasteiger partial charge in [0.25, 0.3) is 0 Å². The molecular formula is C25H31N3O3S. The van der Waals surface area contributed by atoms with Crippen molar-refractivity contribution in [2.24, 2.45) is 0 Å². The van der Waals surface area contributed by atoms with Crippen molar-refractivity contribution in [1.29, 1.82) is 0 Å². The predicted octanol–water partition coefficient (Wildman–Crippen LogP) is 4.22. The van der Waals surface area contributed by atoms with Crippen LogP contribution in [0.25, 0.3) is 10.2 Å². The molecule has 4 rings (SSSR count).